The summed E-state index contributed by atoms with van der Waals surface area (Å²) >= 11 is 0. The Kier molecular flexibility index (Phi) is 8.60. The number of fused-ring (bicyclic) bond motifs is 1. The van der Waals surface area contributed by atoms with Gasteiger partial charge < -0.3 is 13.9 Å². The molecule has 0 fully saturated rings. The fourth-order valence-corrected chi connectivity index (χ4v) is 4.57. The lowest BCUT2D eigenvalue weighted by Crippen LogP contribution is -2.39. The highest BCUT2D eigenvalue weighted by atomic mass is 16.5. The molecule has 190 valence electrons. The first-order chi connectivity index (χ1) is 17.4. The number of allylic oxidation sites excluding steroid dienone is 1. The van der Waals surface area contributed by atoms with Crippen LogP contribution in [0.2, 0.25) is 0 Å². The molecular weight excluding hydrogens is 452 g/mol. The summed E-state index contributed by atoms with van der Waals surface area (Å²) in [6.07, 6.45) is 6.55. The van der Waals surface area contributed by atoms with Crippen LogP contribution in [0.3, 0.4) is 0 Å². The number of benzene rings is 2. The molecule has 0 aliphatic carbocycles. The largest absolute Gasteiger partial charge is 0.493 e. The van der Waals surface area contributed by atoms with Gasteiger partial charge in [0.25, 0.3) is 0 Å². The minimum absolute atomic E-state index is 0.250. The predicted octanol–water partition coefficient (Wildman–Crippen LogP) is 5.94. The van der Waals surface area contributed by atoms with Gasteiger partial charge in [0.05, 0.1) is 19.4 Å². The van der Waals surface area contributed by atoms with Crippen molar-refractivity contribution < 1.29 is 18.7 Å². The number of carbonyl (C=O) groups excluding carboxylic acids is 1. The van der Waals surface area contributed by atoms with Gasteiger partial charge in [-0.1, -0.05) is 56.3 Å². The maximum atomic E-state index is 12.9. The van der Waals surface area contributed by atoms with Crippen molar-refractivity contribution in [2.24, 2.45) is 5.92 Å². The molecule has 0 bridgehead atoms. The Hall–Kier alpha value is -3.38. The van der Waals surface area contributed by atoms with E-state index in [0.717, 1.165) is 47.7 Å². The molecule has 3 aromatic rings. The Morgan fingerprint density at radius 1 is 1.22 bits per heavy atom. The van der Waals surface area contributed by atoms with E-state index in [1.54, 1.807) is 0 Å². The van der Waals surface area contributed by atoms with Gasteiger partial charge in [-0.05, 0) is 60.6 Å². The molecule has 2 heterocycles. The Bertz CT molecular complexity index is 1180. The van der Waals surface area contributed by atoms with Crippen LogP contribution in [0.4, 0.5) is 0 Å². The van der Waals surface area contributed by atoms with Crippen molar-refractivity contribution in [2.45, 2.75) is 52.6 Å². The quantitative estimate of drug-likeness (QED) is 0.329. The number of esters is 1. The highest BCUT2D eigenvalue weighted by molar-refractivity contribution is 5.78. The van der Waals surface area contributed by atoms with Crippen molar-refractivity contribution >= 4 is 12.0 Å². The van der Waals surface area contributed by atoms with Crippen molar-refractivity contribution in [2.75, 3.05) is 20.3 Å². The summed E-state index contributed by atoms with van der Waals surface area (Å²) in [5.74, 6) is 2.54. The van der Waals surface area contributed by atoms with E-state index in [2.05, 4.69) is 48.0 Å². The highest BCUT2D eigenvalue weighted by Gasteiger charge is 2.34. The van der Waals surface area contributed by atoms with Crippen LogP contribution in [0, 0.1) is 12.8 Å². The van der Waals surface area contributed by atoms with Gasteiger partial charge in [0.1, 0.15) is 17.6 Å². The van der Waals surface area contributed by atoms with Crippen LogP contribution in [0.5, 0.6) is 5.75 Å². The zero-order valence-corrected chi connectivity index (χ0v) is 21.7. The van der Waals surface area contributed by atoms with Crippen LogP contribution in [0.1, 0.15) is 60.3 Å². The molecule has 6 nitrogen and oxygen atoms in total. The first-order valence-corrected chi connectivity index (χ1v) is 12.7. The van der Waals surface area contributed by atoms with Gasteiger partial charge in [0, 0.05) is 19.5 Å². The maximum absolute atomic E-state index is 12.9. The monoisotopic (exact) mass is 488 g/mol. The van der Waals surface area contributed by atoms with Gasteiger partial charge >= 0.3 is 5.97 Å². The lowest BCUT2D eigenvalue weighted by Gasteiger charge is -2.35. The molecule has 0 radical (unpaired) electrons. The van der Waals surface area contributed by atoms with Gasteiger partial charge in [-0.2, -0.15) is 0 Å². The molecule has 0 saturated heterocycles. The Labute approximate surface area is 213 Å². The van der Waals surface area contributed by atoms with E-state index in [1.807, 2.05) is 43.3 Å². The van der Waals surface area contributed by atoms with Crippen LogP contribution in [-0.4, -0.2) is 36.1 Å². The Balaban J connectivity index is 1.44. The minimum Gasteiger partial charge on any atom is -0.493 e. The fraction of sp³-hybridized carbons (Fsp3) is 0.400. The standard InChI is InChI=1S/C30H36N2O4/c1-21(2)9-8-12-28-31-27(22(3)36-28)16-18-35-25-14-13-24-15-17-32(20-23-10-6-5-7-11-23)29(26(24)19-25)30(33)34-4/h5-8,10-14,19,21,29H,9,15-18,20H2,1-4H3/b12-8+. The first-order valence-electron chi connectivity index (χ1n) is 12.7. The molecule has 1 aliphatic heterocycles. The molecule has 2 aromatic carbocycles. The third kappa shape index (κ3) is 6.43. The number of carbonyl (C=O) groups is 1. The first kappa shape index (κ1) is 25.7. The van der Waals surface area contributed by atoms with Crippen molar-refractivity contribution in [3.63, 3.8) is 0 Å². The van der Waals surface area contributed by atoms with Crippen molar-refractivity contribution in [3.05, 3.63) is 88.6 Å². The van der Waals surface area contributed by atoms with Gasteiger partial charge in [0.2, 0.25) is 5.89 Å². The summed E-state index contributed by atoms with van der Waals surface area (Å²) in [4.78, 5) is 19.6. The lowest BCUT2D eigenvalue weighted by molar-refractivity contribution is -0.148. The Morgan fingerprint density at radius 3 is 2.78 bits per heavy atom. The zero-order chi connectivity index (χ0) is 25.5. The molecule has 0 N–H and O–H groups in total. The zero-order valence-electron chi connectivity index (χ0n) is 21.7. The molecule has 0 spiro atoms. The number of hydrogen-bond donors (Lipinski definition) is 0. The number of methoxy groups -OCH3 is 1. The smallest absolute Gasteiger partial charge is 0.327 e. The number of aromatic nitrogens is 1. The van der Waals surface area contributed by atoms with Crippen LogP contribution >= 0.6 is 0 Å². The number of nitrogens with zero attached hydrogens (tertiary/aromatic N) is 2. The second-order valence-corrected chi connectivity index (χ2v) is 9.68. The third-order valence-electron chi connectivity index (χ3n) is 6.48. The van der Waals surface area contributed by atoms with E-state index in [-0.39, 0.29) is 5.97 Å². The molecule has 4 rings (SSSR count). The number of oxazole rings is 1. The summed E-state index contributed by atoms with van der Waals surface area (Å²) in [5.41, 5.74) is 4.19. The summed E-state index contributed by atoms with van der Waals surface area (Å²) in [6, 6.07) is 15.8. The van der Waals surface area contributed by atoms with Gasteiger partial charge in [-0.25, -0.2) is 9.78 Å². The maximum Gasteiger partial charge on any atom is 0.327 e. The highest BCUT2D eigenvalue weighted by Crippen LogP contribution is 2.34. The number of aryl methyl sites for hydroxylation is 1. The predicted molar refractivity (Wildman–Crippen MR) is 141 cm³/mol. The van der Waals surface area contributed by atoms with Gasteiger partial charge in [-0.3, -0.25) is 4.90 Å². The summed E-state index contributed by atoms with van der Waals surface area (Å²) in [5, 5.41) is 0. The minimum atomic E-state index is -0.458. The average molecular weight is 489 g/mol. The van der Waals surface area contributed by atoms with Gasteiger partial charge in [-0.15, -0.1) is 0 Å². The van der Waals surface area contributed by atoms with E-state index >= 15 is 0 Å². The van der Waals surface area contributed by atoms with E-state index in [4.69, 9.17) is 13.9 Å². The van der Waals surface area contributed by atoms with E-state index < -0.39 is 6.04 Å². The number of ether oxygens (including phenoxy) is 2. The van der Waals surface area contributed by atoms with Crippen LogP contribution in [0.15, 0.2) is 59.0 Å². The summed E-state index contributed by atoms with van der Waals surface area (Å²) < 4.78 is 17.1. The van der Waals surface area contributed by atoms with Crippen molar-refractivity contribution in [3.8, 4) is 5.75 Å². The van der Waals surface area contributed by atoms with Crippen molar-refractivity contribution in [1.82, 2.24) is 9.88 Å². The second-order valence-electron chi connectivity index (χ2n) is 9.68. The second kappa shape index (κ2) is 12.0. The van der Waals surface area contributed by atoms with E-state index in [9.17, 15) is 4.79 Å². The number of hydrogen-bond acceptors (Lipinski definition) is 6. The lowest BCUT2D eigenvalue weighted by atomic mass is 9.91. The molecule has 1 unspecified atom stereocenters. The van der Waals surface area contributed by atoms with Crippen LogP contribution < -0.4 is 4.74 Å². The molecule has 1 atom stereocenters. The fourth-order valence-electron chi connectivity index (χ4n) is 4.57. The van der Waals surface area contributed by atoms with Crippen molar-refractivity contribution in [1.29, 1.82) is 0 Å². The molecule has 6 heteroatoms. The third-order valence-corrected chi connectivity index (χ3v) is 6.48. The Morgan fingerprint density at radius 2 is 2.03 bits per heavy atom. The average Bonchev–Trinajstić information content (AvgIpc) is 3.22. The molecule has 36 heavy (non-hydrogen) atoms. The van der Waals surface area contributed by atoms with E-state index in [0.29, 0.717) is 31.4 Å². The SMILES string of the molecule is COC(=O)C1c2cc(OCCc3nc(/C=C/CC(C)C)oc3C)ccc2CCN1Cc1ccccc1. The molecule has 1 aromatic heterocycles. The topological polar surface area (TPSA) is 64.8 Å². The molecular formula is C30H36N2O4. The van der Waals surface area contributed by atoms with Crippen LogP contribution in [-0.2, 0) is 28.9 Å². The summed E-state index contributed by atoms with van der Waals surface area (Å²) in [6.45, 7) is 8.25. The van der Waals surface area contributed by atoms with Gasteiger partial charge in [0.15, 0.2) is 0 Å². The number of rotatable bonds is 10. The molecule has 0 amide bonds. The molecule has 0 saturated carbocycles. The summed E-state index contributed by atoms with van der Waals surface area (Å²) in [7, 11) is 1.45. The molecule has 1 aliphatic rings. The van der Waals surface area contributed by atoms with Crippen LogP contribution in [0.25, 0.3) is 6.08 Å². The normalized spacial score (nSPS) is 15.9. The van der Waals surface area contributed by atoms with E-state index in [1.165, 1.54) is 12.7 Å².